The van der Waals surface area contributed by atoms with E-state index < -0.39 is 11.9 Å². The maximum atomic E-state index is 11.4. The van der Waals surface area contributed by atoms with Crippen LogP contribution in [0.3, 0.4) is 0 Å². The van der Waals surface area contributed by atoms with Gasteiger partial charge in [-0.15, -0.1) is 0 Å². The molecule has 1 aromatic carbocycles. The smallest absolute Gasteiger partial charge is 0.311 e. The zero-order valence-corrected chi connectivity index (χ0v) is 12.8. The van der Waals surface area contributed by atoms with Crippen LogP contribution >= 0.6 is 0 Å². The molecule has 0 bridgehead atoms. The van der Waals surface area contributed by atoms with E-state index in [2.05, 4.69) is 17.2 Å². The topological polar surface area (TPSA) is 55.1 Å². The van der Waals surface area contributed by atoms with Crippen molar-refractivity contribution in [1.29, 1.82) is 0 Å². The number of rotatable bonds is 6. The van der Waals surface area contributed by atoms with Gasteiger partial charge in [0.1, 0.15) is 0 Å². The van der Waals surface area contributed by atoms with Crippen LogP contribution in [0.5, 0.6) is 0 Å². The van der Waals surface area contributed by atoms with Crippen LogP contribution in [0.25, 0.3) is 0 Å². The number of aryl methyl sites for hydroxylation is 3. The lowest BCUT2D eigenvalue weighted by Crippen LogP contribution is -2.13. The number of carboxylic acid groups (broad SMARTS) is 1. The lowest BCUT2D eigenvalue weighted by atomic mass is 9.95. The van der Waals surface area contributed by atoms with Gasteiger partial charge in [0, 0.05) is 17.8 Å². The molecule has 2 rings (SSSR count). The van der Waals surface area contributed by atoms with Crippen molar-refractivity contribution in [1.82, 2.24) is 9.78 Å². The fourth-order valence-corrected chi connectivity index (χ4v) is 2.81. The molecule has 1 unspecified atom stereocenters. The third-order valence-electron chi connectivity index (χ3n) is 3.95. The Morgan fingerprint density at radius 1 is 1.29 bits per heavy atom. The Hall–Kier alpha value is -2.10. The Kier molecular flexibility index (Phi) is 4.78. The summed E-state index contributed by atoms with van der Waals surface area (Å²) in [6.45, 7) is 6.53. The molecule has 21 heavy (non-hydrogen) atoms. The molecule has 0 saturated carbocycles. The van der Waals surface area contributed by atoms with E-state index in [0.717, 1.165) is 29.9 Å². The van der Waals surface area contributed by atoms with E-state index in [1.807, 2.05) is 43.7 Å². The molecule has 0 spiro atoms. The molecule has 1 aromatic heterocycles. The molecule has 4 nitrogen and oxygen atoms in total. The summed E-state index contributed by atoms with van der Waals surface area (Å²) in [4.78, 5) is 11.4. The van der Waals surface area contributed by atoms with E-state index in [9.17, 15) is 9.90 Å². The molecule has 4 heteroatoms. The van der Waals surface area contributed by atoms with Crippen molar-refractivity contribution >= 4 is 5.97 Å². The predicted octanol–water partition coefficient (Wildman–Crippen LogP) is 3.32. The number of benzene rings is 1. The number of hydrogen-bond donors (Lipinski definition) is 1. The van der Waals surface area contributed by atoms with Crippen molar-refractivity contribution in [2.75, 3.05) is 0 Å². The highest BCUT2D eigenvalue weighted by atomic mass is 16.4. The van der Waals surface area contributed by atoms with Gasteiger partial charge in [-0.3, -0.25) is 9.48 Å². The minimum Gasteiger partial charge on any atom is -0.481 e. The van der Waals surface area contributed by atoms with Crippen LogP contribution < -0.4 is 0 Å². The van der Waals surface area contributed by atoms with Gasteiger partial charge >= 0.3 is 5.97 Å². The van der Waals surface area contributed by atoms with Crippen LogP contribution in [0.15, 0.2) is 30.3 Å². The normalized spacial score (nSPS) is 12.3. The van der Waals surface area contributed by atoms with Gasteiger partial charge in [-0.2, -0.15) is 5.10 Å². The van der Waals surface area contributed by atoms with Crippen molar-refractivity contribution in [2.45, 2.75) is 46.1 Å². The molecule has 0 saturated heterocycles. The van der Waals surface area contributed by atoms with Gasteiger partial charge in [0.05, 0.1) is 11.6 Å². The maximum Gasteiger partial charge on any atom is 0.311 e. The van der Waals surface area contributed by atoms with Gasteiger partial charge in [0.15, 0.2) is 0 Å². The van der Waals surface area contributed by atoms with Crippen molar-refractivity contribution in [2.24, 2.45) is 0 Å². The molecule has 0 amide bonds. The van der Waals surface area contributed by atoms with Gasteiger partial charge in [-0.05, 0) is 32.3 Å². The monoisotopic (exact) mass is 286 g/mol. The first-order chi connectivity index (χ1) is 10.0. The number of aromatic nitrogens is 2. The molecule has 0 aliphatic rings. The summed E-state index contributed by atoms with van der Waals surface area (Å²) in [5, 5.41) is 13.9. The minimum atomic E-state index is -0.772. The summed E-state index contributed by atoms with van der Waals surface area (Å²) in [5.41, 5.74) is 3.93. The second kappa shape index (κ2) is 6.57. The van der Waals surface area contributed by atoms with E-state index in [1.54, 1.807) is 0 Å². The standard InChI is InChI=1S/C17H22N2O2/c1-4-15(17(20)21)16-12(2)18-19(13(16)3)11-10-14-8-6-5-7-9-14/h5-9,15H,4,10-11H2,1-3H3,(H,20,21). The second-order valence-corrected chi connectivity index (χ2v) is 5.34. The second-order valence-electron chi connectivity index (χ2n) is 5.34. The van der Waals surface area contributed by atoms with Gasteiger partial charge in [-0.25, -0.2) is 0 Å². The van der Waals surface area contributed by atoms with E-state index in [4.69, 9.17) is 0 Å². The summed E-state index contributed by atoms with van der Waals surface area (Å²) in [5.74, 6) is -1.23. The third kappa shape index (κ3) is 3.32. The molecule has 1 atom stereocenters. The molecule has 1 heterocycles. The van der Waals surface area contributed by atoms with Crippen LogP contribution in [0.1, 0.15) is 41.8 Å². The van der Waals surface area contributed by atoms with Crippen molar-refractivity contribution < 1.29 is 9.90 Å². The summed E-state index contributed by atoms with van der Waals surface area (Å²) < 4.78 is 1.93. The Morgan fingerprint density at radius 2 is 1.95 bits per heavy atom. The maximum absolute atomic E-state index is 11.4. The van der Waals surface area contributed by atoms with Gasteiger partial charge in [-0.1, -0.05) is 37.3 Å². The van der Waals surface area contributed by atoms with E-state index in [0.29, 0.717) is 6.42 Å². The van der Waals surface area contributed by atoms with Crippen LogP contribution in [0.4, 0.5) is 0 Å². The van der Waals surface area contributed by atoms with Crippen LogP contribution in [-0.2, 0) is 17.8 Å². The Balaban J connectivity index is 2.21. The summed E-state index contributed by atoms with van der Waals surface area (Å²) >= 11 is 0. The number of hydrogen-bond acceptors (Lipinski definition) is 2. The third-order valence-corrected chi connectivity index (χ3v) is 3.95. The van der Waals surface area contributed by atoms with Crippen LogP contribution in [0, 0.1) is 13.8 Å². The Morgan fingerprint density at radius 3 is 2.52 bits per heavy atom. The van der Waals surface area contributed by atoms with Crippen molar-refractivity contribution in [3.8, 4) is 0 Å². The van der Waals surface area contributed by atoms with Gasteiger partial charge < -0.3 is 5.11 Å². The number of aliphatic carboxylic acids is 1. The lowest BCUT2D eigenvalue weighted by Gasteiger charge is -2.11. The van der Waals surface area contributed by atoms with Gasteiger partial charge in [0.2, 0.25) is 0 Å². The van der Waals surface area contributed by atoms with E-state index in [1.165, 1.54) is 5.56 Å². The number of carbonyl (C=O) groups is 1. The fourth-order valence-electron chi connectivity index (χ4n) is 2.81. The molecule has 0 radical (unpaired) electrons. The summed E-state index contributed by atoms with van der Waals surface area (Å²) in [6.07, 6.45) is 1.48. The molecule has 1 N–H and O–H groups in total. The summed E-state index contributed by atoms with van der Waals surface area (Å²) in [6, 6.07) is 10.3. The highest BCUT2D eigenvalue weighted by Crippen LogP contribution is 2.26. The zero-order valence-electron chi connectivity index (χ0n) is 12.8. The fraction of sp³-hybridized carbons (Fsp3) is 0.412. The average molecular weight is 286 g/mol. The SMILES string of the molecule is CCC(C(=O)O)c1c(C)nn(CCc2ccccc2)c1C. The number of carboxylic acids is 1. The molecular weight excluding hydrogens is 264 g/mol. The molecule has 0 aliphatic carbocycles. The van der Waals surface area contributed by atoms with E-state index >= 15 is 0 Å². The zero-order chi connectivity index (χ0) is 15.4. The highest BCUT2D eigenvalue weighted by molar-refractivity contribution is 5.76. The minimum absolute atomic E-state index is 0.463. The molecular formula is C17H22N2O2. The lowest BCUT2D eigenvalue weighted by molar-refractivity contribution is -0.138. The van der Waals surface area contributed by atoms with Crippen LogP contribution in [-0.4, -0.2) is 20.9 Å². The average Bonchev–Trinajstić information content (AvgIpc) is 2.74. The molecule has 112 valence electrons. The van der Waals surface area contributed by atoms with Gasteiger partial charge in [0.25, 0.3) is 0 Å². The number of nitrogens with zero attached hydrogens (tertiary/aromatic N) is 2. The molecule has 2 aromatic rings. The van der Waals surface area contributed by atoms with E-state index in [-0.39, 0.29) is 0 Å². The largest absolute Gasteiger partial charge is 0.481 e. The van der Waals surface area contributed by atoms with Crippen molar-refractivity contribution in [3.63, 3.8) is 0 Å². The van der Waals surface area contributed by atoms with Crippen molar-refractivity contribution in [3.05, 3.63) is 52.8 Å². The quantitative estimate of drug-likeness (QED) is 0.886. The first-order valence-corrected chi connectivity index (χ1v) is 7.35. The van der Waals surface area contributed by atoms with Crippen LogP contribution in [0.2, 0.25) is 0 Å². The molecule has 0 fully saturated rings. The summed E-state index contributed by atoms with van der Waals surface area (Å²) in [7, 11) is 0. The first-order valence-electron chi connectivity index (χ1n) is 7.35. The molecule has 0 aliphatic heterocycles. The first kappa shape index (κ1) is 15.3. The Labute approximate surface area is 125 Å². The predicted molar refractivity (Wildman–Crippen MR) is 82.5 cm³/mol. The Bertz CT molecular complexity index is 617. The highest BCUT2D eigenvalue weighted by Gasteiger charge is 2.25.